The molecule has 3 aromatic rings. The highest BCUT2D eigenvalue weighted by molar-refractivity contribution is 9.10. The van der Waals surface area contributed by atoms with Gasteiger partial charge in [-0.2, -0.15) is 0 Å². The van der Waals surface area contributed by atoms with E-state index >= 15 is 0 Å². The molecule has 0 aliphatic carbocycles. The second-order valence-electron chi connectivity index (χ2n) is 4.52. The van der Waals surface area contributed by atoms with Crippen molar-refractivity contribution in [1.82, 2.24) is 15.3 Å². The van der Waals surface area contributed by atoms with E-state index in [0.717, 1.165) is 27.1 Å². The van der Waals surface area contributed by atoms with Crippen LogP contribution in [0.25, 0.3) is 10.2 Å². The molecular formula is C15H14BrN3S. The number of thiazole rings is 1. The van der Waals surface area contributed by atoms with Crippen molar-refractivity contribution in [1.29, 1.82) is 0 Å². The molecule has 0 spiro atoms. The number of rotatable bonds is 4. The number of hydrogen-bond donors (Lipinski definition) is 1. The number of hydrogen-bond acceptors (Lipinski definition) is 4. The first-order chi connectivity index (χ1) is 9.76. The lowest BCUT2D eigenvalue weighted by atomic mass is 10.1. The van der Waals surface area contributed by atoms with Crippen LogP contribution in [-0.4, -0.2) is 17.0 Å². The van der Waals surface area contributed by atoms with E-state index in [-0.39, 0.29) is 6.04 Å². The number of benzene rings is 1. The molecule has 0 aliphatic heterocycles. The molecule has 2 aromatic heterocycles. The molecule has 5 heteroatoms. The van der Waals surface area contributed by atoms with Crippen molar-refractivity contribution in [2.75, 3.05) is 7.05 Å². The zero-order valence-corrected chi connectivity index (χ0v) is 13.4. The molecule has 3 nitrogen and oxygen atoms in total. The second-order valence-corrected chi connectivity index (χ2v) is 6.55. The monoisotopic (exact) mass is 347 g/mol. The summed E-state index contributed by atoms with van der Waals surface area (Å²) in [5, 5.41) is 4.45. The van der Waals surface area contributed by atoms with Crippen molar-refractivity contribution < 1.29 is 0 Å². The van der Waals surface area contributed by atoms with E-state index in [1.165, 1.54) is 4.70 Å². The van der Waals surface area contributed by atoms with Crippen LogP contribution in [0.4, 0.5) is 0 Å². The van der Waals surface area contributed by atoms with Gasteiger partial charge in [0, 0.05) is 17.1 Å². The van der Waals surface area contributed by atoms with Crippen LogP contribution in [0, 0.1) is 0 Å². The minimum Gasteiger partial charge on any atom is -0.311 e. The van der Waals surface area contributed by atoms with Crippen LogP contribution in [0.3, 0.4) is 0 Å². The van der Waals surface area contributed by atoms with Gasteiger partial charge in [-0.3, -0.25) is 4.98 Å². The van der Waals surface area contributed by atoms with E-state index in [1.807, 2.05) is 31.4 Å². The molecule has 20 heavy (non-hydrogen) atoms. The first-order valence-corrected chi connectivity index (χ1v) is 8.00. The Bertz CT molecular complexity index is 675. The maximum absolute atomic E-state index is 4.69. The molecular weight excluding hydrogens is 334 g/mol. The highest BCUT2D eigenvalue weighted by atomic mass is 79.9. The highest BCUT2D eigenvalue weighted by Gasteiger charge is 2.14. The predicted molar refractivity (Wildman–Crippen MR) is 87.1 cm³/mol. The molecule has 0 amide bonds. The Balaban J connectivity index is 1.85. The van der Waals surface area contributed by atoms with Crippen molar-refractivity contribution in [3.05, 3.63) is 57.8 Å². The Morgan fingerprint density at radius 1 is 1.25 bits per heavy atom. The normalized spacial score (nSPS) is 12.7. The number of nitrogens with one attached hydrogen (secondary N) is 1. The Morgan fingerprint density at radius 3 is 2.80 bits per heavy atom. The molecule has 102 valence electrons. The van der Waals surface area contributed by atoms with Gasteiger partial charge >= 0.3 is 0 Å². The van der Waals surface area contributed by atoms with Crippen LogP contribution in [0.1, 0.15) is 16.7 Å². The summed E-state index contributed by atoms with van der Waals surface area (Å²) in [7, 11) is 1.96. The van der Waals surface area contributed by atoms with Gasteiger partial charge in [-0.05, 0) is 47.2 Å². The number of fused-ring (bicyclic) bond motifs is 1. The van der Waals surface area contributed by atoms with Crippen molar-refractivity contribution in [2.45, 2.75) is 12.5 Å². The van der Waals surface area contributed by atoms with Gasteiger partial charge in [-0.1, -0.05) is 12.1 Å². The van der Waals surface area contributed by atoms with Crippen molar-refractivity contribution in [3.8, 4) is 0 Å². The number of pyridine rings is 1. The minimum atomic E-state index is 0.184. The lowest BCUT2D eigenvalue weighted by molar-refractivity contribution is 0.575. The lowest BCUT2D eigenvalue weighted by Gasteiger charge is -2.13. The van der Waals surface area contributed by atoms with Gasteiger partial charge in [-0.15, -0.1) is 11.3 Å². The summed E-state index contributed by atoms with van der Waals surface area (Å²) in [5.41, 5.74) is 2.11. The summed E-state index contributed by atoms with van der Waals surface area (Å²) in [5.74, 6) is 0. The zero-order chi connectivity index (χ0) is 13.9. The second kappa shape index (κ2) is 5.99. The van der Waals surface area contributed by atoms with Crippen molar-refractivity contribution in [3.63, 3.8) is 0 Å². The molecule has 1 atom stereocenters. The van der Waals surface area contributed by atoms with E-state index in [2.05, 4.69) is 49.4 Å². The maximum Gasteiger partial charge on any atom is 0.0958 e. The molecule has 0 bridgehead atoms. The molecule has 1 unspecified atom stereocenters. The van der Waals surface area contributed by atoms with E-state index < -0.39 is 0 Å². The van der Waals surface area contributed by atoms with Crippen LogP contribution in [0.5, 0.6) is 0 Å². The Hall–Kier alpha value is -1.30. The molecule has 0 aliphatic rings. The van der Waals surface area contributed by atoms with Crippen molar-refractivity contribution >= 4 is 37.5 Å². The van der Waals surface area contributed by atoms with Crippen LogP contribution < -0.4 is 5.32 Å². The molecule has 0 saturated carbocycles. The number of halogens is 1. The van der Waals surface area contributed by atoms with Gasteiger partial charge in [0.05, 0.1) is 27.0 Å². The van der Waals surface area contributed by atoms with Crippen LogP contribution in [0.15, 0.2) is 47.1 Å². The van der Waals surface area contributed by atoms with E-state index in [4.69, 9.17) is 0 Å². The smallest absolute Gasteiger partial charge is 0.0958 e. The summed E-state index contributed by atoms with van der Waals surface area (Å²) in [6.07, 6.45) is 2.68. The SMILES string of the molecule is CNC(Cc1nc2ccccc2s1)c1ccc(Br)cn1. The molecule has 1 N–H and O–H groups in total. The summed E-state index contributed by atoms with van der Waals surface area (Å²) >= 11 is 5.16. The van der Waals surface area contributed by atoms with Crippen LogP contribution in [0.2, 0.25) is 0 Å². The summed E-state index contributed by atoms with van der Waals surface area (Å²) in [6.45, 7) is 0. The third-order valence-electron chi connectivity index (χ3n) is 3.17. The first-order valence-electron chi connectivity index (χ1n) is 6.39. The quantitative estimate of drug-likeness (QED) is 0.776. The van der Waals surface area contributed by atoms with Crippen LogP contribution in [-0.2, 0) is 6.42 Å². The fraction of sp³-hybridized carbons (Fsp3) is 0.200. The Morgan fingerprint density at radius 2 is 2.10 bits per heavy atom. The van der Waals surface area contributed by atoms with E-state index in [1.54, 1.807) is 11.3 Å². The molecule has 1 aromatic carbocycles. The topological polar surface area (TPSA) is 37.8 Å². The highest BCUT2D eigenvalue weighted by Crippen LogP contribution is 2.25. The summed E-state index contributed by atoms with van der Waals surface area (Å²) < 4.78 is 2.23. The Labute approximate surface area is 130 Å². The molecule has 3 rings (SSSR count). The maximum atomic E-state index is 4.69. The van der Waals surface area contributed by atoms with Gasteiger partial charge in [0.25, 0.3) is 0 Å². The first kappa shape index (κ1) is 13.7. The van der Waals surface area contributed by atoms with Gasteiger partial charge in [0.2, 0.25) is 0 Å². The summed E-state index contributed by atoms with van der Waals surface area (Å²) in [4.78, 5) is 9.15. The van der Waals surface area contributed by atoms with Gasteiger partial charge < -0.3 is 5.32 Å². The molecule has 0 saturated heterocycles. The van der Waals surface area contributed by atoms with Crippen molar-refractivity contribution in [2.24, 2.45) is 0 Å². The number of aromatic nitrogens is 2. The summed E-state index contributed by atoms with van der Waals surface area (Å²) in [6, 6.07) is 12.5. The third-order valence-corrected chi connectivity index (χ3v) is 4.70. The lowest BCUT2D eigenvalue weighted by Crippen LogP contribution is -2.19. The minimum absolute atomic E-state index is 0.184. The van der Waals surface area contributed by atoms with Gasteiger partial charge in [0.1, 0.15) is 0 Å². The third kappa shape index (κ3) is 2.90. The largest absolute Gasteiger partial charge is 0.311 e. The molecule has 0 fully saturated rings. The molecule has 2 heterocycles. The average Bonchev–Trinajstić information content (AvgIpc) is 2.88. The molecule has 0 radical (unpaired) electrons. The number of likely N-dealkylation sites (N-methyl/N-ethyl adjacent to an activating group) is 1. The van der Waals surface area contributed by atoms with Crippen LogP contribution >= 0.6 is 27.3 Å². The number of nitrogens with zero attached hydrogens (tertiary/aromatic N) is 2. The van der Waals surface area contributed by atoms with Gasteiger partial charge in [0.15, 0.2) is 0 Å². The fourth-order valence-corrected chi connectivity index (χ4v) is 3.38. The Kier molecular flexibility index (Phi) is 4.10. The standard InChI is InChI=1S/C15H14BrN3S/c1-17-13(11-7-6-10(16)9-18-11)8-15-19-12-4-2-3-5-14(12)20-15/h2-7,9,13,17H,8H2,1H3. The predicted octanol–water partition coefficient (Wildman–Crippen LogP) is 3.96. The zero-order valence-electron chi connectivity index (χ0n) is 11.0. The number of para-hydroxylation sites is 1. The van der Waals surface area contributed by atoms with Gasteiger partial charge in [-0.25, -0.2) is 4.98 Å². The van der Waals surface area contributed by atoms with E-state index in [0.29, 0.717) is 0 Å². The average molecular weight is 348 g/mol. The van der Waals surface area contributed by atoms with E-state index in [9.17, 15) is 0 Å². The fourth-order valence-electron chi connectivity index (χ4n) is 2.13.